The maximum atomic E-state index is 12.9. The molecule has 3 heteroatoms. The third-order valence-corrected chi connectivity index (χ3v) is 2.78. The van der Waals surface area contributed by atoms with Crippen molar-refractivity contribution < 1.29 is 4.39 Å². The third kappa shape index (κ3) is 3.29. The van der Waals surface area contributed by atoms with Gasteiger partial charge in [0.05, 0.1) is 0 Å². The molecule has 0 saturated carbocycles. The highest BCUT2D eigenvalue weighted by Crippen LogP contribution is 2.06. The molecule has 0 aromatic heterocycles. The van der Waals surface area contributed by atoms with Crippen molar-refractivity contribution >= 4 is 0 Å². The summed E-state index contributed by atoms with van der Waals surface area (Å²) in [7, 11) is 0. The van der Waals surface area contributed by atoms with Crippen LogP contribution in [0.15, 0.2) is 24.3 Å². The summed E-state index contributed by atoms with van der Waals surface area (Å²) in [6, 6.07) is 7.30. The zero-order valence-electron chi connectivity index (χ0n) is 8.80. The van der Waals surface area contributed by atoms with Crippen molar-refractivity contribution in [2.75, 3.05) is 13.1 Å². The summed E-state index contributed by atoms with van der Waals surface area (Å²) < 4.78 is 12.9. The van der Waals surface area contributed by atoms with E-state index in [1.807, 2.05) is 6.07 Å². The van der Waals surface area contributed by atoms with E-state index in [4.69, 9.17) is 0 Å². The predicted octanol–water partition coefficient (Wildman–Crippen LogP) is 1.67. The Morgan fingerprint density at radius 3 is 3.13 bits per heavy atom. The topological polar surface area (TPSA) is 24.1 Å². The van der Waals surface area contributed by atoms with E-state index in [-0.39, 0.29) is 5.82 Å². The molecular weight excluding hydrogens is 191 g/mol. The van der Waals surface area contributed by atoms with Crippen LogP contribution in [0.4, 0.5) is 4.39 Å². The van der Waals surface area contributed by atoms with Gasteiger partial charge >= 0.3 is 0 Å². The smallest absolute Gasteiger partial charge is 0.123 e. The molecule has 15 heavy (non-hydrogen) atoms. The van der Waals surface area contributed by atoms with Crippen LogP contribution in [0.5, 0.6) is 0 Å². The van der Waals surface area contributed by atoms with Crippen LogP contribution in [0.1, 0.15) is 18.4 Å². The van der Waals surface area contributed by atoms with Crippen molar-refractivity contribution in [3.8, 4) is 0 Å². The molecule has 0 spiro atoms. The molecule has 0 radical (unpaired) electrons. The minimum Gasteiger partial charge on any atom is -0.315 e. The van der Waals surface area contributed by atoms with Gasteiger partial charge in [-0.1, -0.05) is 12.1 Å². The first-order chi connectivity index (χ1) is 7.34. The van der Waals surface area contributed by atoms with E-state index in [1.165, 1.54) is 18.9 Å². The number of nitrogens with one attached hydrogen (secondary N) is 2. The molecule has 2 nitrogen and oxygen atoms in total. The molecule has 1 aliphatic heterocycles. The SMILES string of the molecule is Fc1cccc(CN[C@@H]2CCCNC2)c1. The van der Waals surface area contributed by atoms with E-state index >= 15 is 0 Å². The van der Waals surface area contributed by atoms with E-state index in [9.17, 15) is 4.39 Å². The second kappa shape index (κ2) is 5.24. The van der Waals surface area contributed by atoms with Gasteiger partial charge < -0.3 is 10.6 Å². The maximum absolute atomic E-state index is 12.9. The Labute approximate surface area is 89.9 Å². The van der Waals surface area contributed by atoms with Crippen molar-refractivity contribution in [2.45, 2.75) is 25.4 Å². The Balaban J connectivity index is 1.81. The molecule has 0 unspecified atom stereocenters. The van der Waals surface area contributed by atoms with Gasteiger partial charge in [-0.25, -0.2) is 4.39 Å². The molecule has 1 aromatic rings. The van der Waals surface area contributed by atoms with Gasteiger partial charge in [-0.05, 0) is 37.1 Å². The van der Waals surface area contributed by atoms with Gasteiger partial charge in [0.15, 0.2) is 0 Å². The zero-order valence-corrected chi connectivity index (χ0v) is 8.80. The number of rotatable bonds is 3. The van der Waals surface area contributed by atoms with Crippen molar-refractivity contribution in [2.24, 2.45) is 0 Å². The van der Waals surface area contributed by atoms with Crippen molar-refractivity contribution in [1.29, 1.82) is 0 Å². The lowest BCUT2D eigenvalue weighted by molar-refractivity contribution is 0.389. The van der Waals surface area contributed by atoms with Crippen LogP contribution in [0.3, 0.4) is 0 Å². The number of benzene rings is 1. The summed E-state index contributed by atoms with van der Waals surface area (Å²) >= 11 is 0. The summed E-state index contributed by atoms with van der Waals surface area (Å²) in [6.07, 6.45) is 2.43. The molecule has 82 valence electrons. The minimum atomic E-state index is -0.156. The lowest BCUT2D eigenvalue weighted by atomic mass is 10.1. The van der Waals surface area contributed by atoms with Gasteiger partial charge in [0, 0.05) is 19.1 Å². The Kier molecular flexibility index (Phi) is 3.69. The standard InChI is InChI=1S/C12H17FN2/c13-11-4-1-3-10(7-11)8-15-12-5-2-6-14-9-12/h1,3-4,7,12,14-15H,2,5-6,8-9H2/t12-/m1/s1. The lowest BCUT2D eigenvalue weighted by Gasteiger charge is -2.23. The summed E-state index contributed by atoms with van der Waals surface area (Å²) in [4.78, 5) is 0. The lowest BCUT2D eigenvalue weighted by Crippen LogP contribution is -2.42. The average Bonchev–Trinajstić information content (AvgIpc) is 2.28. The fourth-order valence-corrected chi connectivity index (χ4v) is 1.94. The van der Waals surface area contributed by atoms with E-state index < -0.39 is 0 Å². The zero-order chi connectivity index (χ0) is 10.5. The van der Waals surface area contributed by atoms with Gasteiger partial charge in [-0.3, -0.25) is 0 Å². The summed E-state index contributed by atoms with van der Waals surface area (Å²) in [5, 5.41) is 6.78. The predicted molar refractivity (Wildman–Crippen MR) is 59.1 cm³/mol. The van der Waals surface area contributed by atoms with Crippen LogP contribution in [0.25, 0.3) is 0 Å². The molecule has 1 heterocycles. The fourth-order valence-electron chi connectivity index (χ4n) is 1.94. The van der Waals surface area contributed by atoms with Crippen LogP contribution in [0, 0.1) is 5.82 Å². The summed E-state index contributed by atoms with van der Waals surface area (Å²) in [6.45, 7) is 2.90. The van der Waals surface area contributed by atoms with Crippen molar-refractivity contribution in [3.05, 3.63) is 35.6 Å². The van der Waals surface area contributed by atoms with Gasteiger partial charge in [0.2, 0.25) is 0 Å². The number of halogens is 1. The first-order valence-corrected chi connectivity index (χ1v) is 5.53. The fraction of sp³-hybridized carbons (Fsp3) is 0.500. The molecular formula is C12H17FN2. The summed E-state index contributed by atoms with van der Waals surface area (Å²) in [5.41, 5.74) is 1.01. The quantitative estimate of drug-likeness (QED) is 0.789. The molecule has 1 saturated heterocycles. The monoisotopic (exact) mass is 208 g/mol. The first kappa shape index (κ1) is 10.6. The molecule has 1 atom stereocenters. The van der Waals surface area contributed by atoms with Crippen molar-refractivity contribution in [1.82, 2.24) is 10.6 Å². The molecule has 0 bridgehead atoms. The van der Waals surface area contributed by atoms with Gasteiger partial charge in [-0.2, -0.15) is 0 Å². The van der Waals surface area contributed by atoms with Crippen LogP contribution in [-0.4, -0.2) is 19.1 Å². The highest BCUT2D eigenvalue weighted by Gasteiger charge is 2.11. The average molecular weight is 208 g/mol. The molecule has 1 aliphatic rings. The molecule has 2 rings (SSSR count). The number of hydrogen-bond donors (Lipinski definition) is 2. The number of piperidine rings is 1. The Hall–Kier alpha value is -0.930. The van der Waals surface area contributed by atoms with E-state index in [0.29, 0.717) is 6.04 Å². The Bertz CT molecular complexity index is 308. The van der Waals surface area contributed by atoms with E-state index in [0.717, 1.165) is 25.2 Å². The summed E-state index contributed by atoms with van der Waals surface area (Å²) in [5.74, 6) is -0.156. The van der Waals surface area contributed by atoms with E-state index in [1.54, 1.807) is 12.1 Å². The highest BCUT2D eigenvalue weighted by molar-refractivity contribution is 5.16. The van der Waals surface area contributed by atoms with Crippen LogP contribution in [0.2, 0.25) is 0 Å². The molecule has 0 aliphatic carbocycles. The minimum absolute atomic E-state index is 0.156. The molecule has 0 amide bonds. The highest BCUT2D eigenvalue weighted by atomic mass is 19.1. The maximum Gasteiger partial charge on any atom is 0.123 e. The first-order valence-electron chi connectivity index (χ1n) is 5.53. The number of hydrogen-bond acceptors (Lipinski definition) is 2. The Morgan fingerprint density at radius 1 is 1.47 bits per heavy atom. The van der Waals surface area contributed by atoms with Gasteiger partial charge in [0.25, 0.3) is 0 Å². The van der Waals surface area contributed by atoms with Crippen LogP contribution >= 0.6 is 0 Å². The molecule has 1 fully saturated rings. The normalized spacial score (nSPS) is 21.5. The largest absolute Gasteiger partial charge is 0.315 e. The van der Waals surface area contributed by atoms with Gasteiger partial charge in [-0.15, -0.1) is 0 Å². The van der Waals surface area contributed by atoms with Gasteiger partial charge in [0.1, 0.15) is 5.82 Å². The van der Waals surface area contributed by atoms with Crippen molar-refractivity contribution in [3.63, 3.8) is 0 Å². The van der Waals surface area contributed by atoms with Crippen LogP contribution in [-0.2, 0) is 6.54 Å². The Morgan fingerprint density at radius 2 is 2.40 bits per heavy atom. The third-order valence-electron chi connectivity index (χ3n) is 2.78. The van der Waals surface area contributed by atoms with E-state index in [2.05, 4.69) is 10.6 Å². The second-order valence-electron chi connectivity index (χ2n) is 4.05. The second-order valence-corrected chi connectivity index (χ2v) is 4.05. The molecule has 2 N–H and O–H groups in total. The molecule has 1 aromatic carbocycles. The van der Waals surface area contributed by atoms with Crippen LogP contribution < -0.4 is 10.6 Å².